The van der Waals surface area contributed by atoms with Crippen molar-refractivity contribution in [3.8, 4) is 0 Å². The van der Waals surface area contributed by atoms with Crippen LogP contribution in [0.5, 0.6) is 0 Å². The van der Waals surface area contributed by atoms with Crippen LogP contribution in [-0.4, -0.2) is 41.0 Å². The Hall–Kier alpha value is -1.66. The van der Waals surface area contributed by atoms with Gasteiger partial charge in [0.05, 0.1) is 16.8 Å². The number of rotatable bonds is 2. The quantitative estimate of drug-likeness (QED) is 0.816. The minimum Gasteiger partial charge on any atom is -0.393 e. The molecule has 1 heterocycles. The fourth-order valence-corrected chi connectivity index (χ4v) is 2.68. The number of nitrogens with one attached hydrogen (secondary N) is 1. The summed E-state index contributed by atoms with van der Waals surface area (Å²) in [6, 6.07) is 4.18. The predicted molar refractivity (Wildman–Crippen MR) is 81.0 cm³/mol. The fraction of sp³-hybridized carbons (Fsp3) is 0.467. The molecule has 1 aromatic carbocycles. The van der Waals surface area contributed by atoms with Gasteiger partial charge < -0.3 is 15.3 Å². The van der Waals surface area contributed by atoms with Gasteiger partial charge in [0.15, 0.2) is 5.82 Å². The Morgan fingerprint density at radius 2 is 2.05 bits per heavy atom. The number of carbonyl (C=O) groups is 2. The monoisotopic (exact) mass is 328 g/mol. The van der Waals surface area contributed by atoms with Crippen molar-refractivity contribution in [2.24, 2.45) is 5.92 Å². The molecular weight excluding hydrogens is 311 g/mol. The molecule has 1 fully saturated rings. The second-order valence-electron chi connectivity index (χ2n) is 5.43. The van der Waals surface area contributed by atoms with Crippen LogP contribution in [0, 0.1) is 11.7 Å². The number of amides is 2. The number of likely N-dealkylation sites (tertiary alicyclic amines) is 1. The third-order valence-corrected chi connectivity index (χ3v) is 4.19. The first-order valence-corrected chi connectivity index (χ1v) is 7.50. The van der Waals surface area contributed by atoms with E-state index >= 15 is 0 Å². The lowest BCUT2D eigenvalue weighted by molar-refractivity contribution is -0.144. The zero-order valence-electron chi connectivity index (χ0n) is 12.2. The Morgan fingerprint density at radius 3 is 2.64 bits per heavy atom. The molecule has 120 valence electrons. The number of hydrogen-bond donors (Lipinski definition) is 2. The fourth-order valence-electron chi connectivity index (χ4n) is 2.50. The Morgan fingerprint density at radius 1 is 1.41 bits per heavy atom. The summed E-state index contributed by atoms with van der Waals surface area (Å²) in [5, 5.41) is 11.6. The Kier molecular flexibility index (Phi) is 5.37. The van der Waals surface area contributed by atoms with Crippen LogP contribution in [0.1, 0.15) is 19.8 Å². The van der Waals surface area contributed by atoms with Crippen molar-refractivity contribution in [2.75, 3.05) is 18.4 Å². The summed E-state index contributed by atoms with van der Waals surface area (Å²) in [7, 11) is 0. The second kappa shape index (κ2) is 7.07. The zero-order valence-corrected chi connectivity index (χ0v) is 12.9. The maximum absolute atomic E-state index is 13.7. The number of aliphatic hydroxyl groups excluding tert-OH is 1. The molecular formula is C15H18ClFN2O3. The SMILES string of the molecule is CC(O)C1CCN(C(=O)C(=O)Nc2cccc(Cl)c2F)CC1. The number of benzene rings is 1. The van der Waals surface area contributed by atoms with Crippen molar-refractivity contribution in [1.29, 1.82) is 0 Å². The lowest BCUT2D eigenvalue weighted by Gasteiger charge is -2.32. The summed E-state index contributed by atoms with van der Waals surface area (Å²) in [5.41, 5.74) is -0.121. The topological polar surface area (TPSA) is 69.6 Å². The Balaban J connectivity index is 1.96. The van der Waals surface area contributed by atoms with E-state index in [2.05, 4.69) is 5.32 Å². The molecule has 1 unspecified atom stereocenters. The van der Waals surface area contributed by atoms with Crippen LogP contribution in [0.4, 0.5) is 10.1 Å². The van der Waals surface area contributed by atoms with E-state index < -0.39 is 23.7 Å². The minimum absolute atomic E-state index is 0.121. The number of piperidine rings is 1. The summed E-state index contributed by atoms with van der Waals surface area (Å²) >= 11 is 5.63. The summed E-state index contributed by atoms with van der Waals surface area (Å²) < 4.78 is 13.7. The number of hydrogen-bond acceptors (Lipinski definition) is 3. The van der Waals surface area contributed by atoms with Crippen LogP contribution in [0.2, 0.25) is 5.02 Å². The summed E-state index contributed by atoms with van der Waals surface area (Å²) in [6.07, 6.45) is 0.858. The molecule has 0 aliphatic carbocycles. The average Bonchev–Trinajstić information content (AvgIpc) is 2.51. The Bertz CT molecular complexity index is 572. The molecule has 1 aromatic rings. The third kappa shape index (κ3) is 3.75. The molecule has 1 aliphatic heterocycles. The van der Waals surface area contributed by atoms with Gasteiger partial charge in [0.1, 0.15) is 0 Å². The molecule has 1 saturated heterocycles. The van der Waals surface area contributed by atoms with Gasteiger partial charge in [-0.3, -0.25) is 9.59 Å². The lowest BCUT2D eigenvalue weighted by atomic mass is 9.92. The summed E-state index contributed by atoms with van der Waals surface area (Å²) in [6.45, 7) is 2.52. The number of anilines is 1. The first-order chi connectivity index (χ1) is 10.4. The van der Waals surface area contributed by atoms with Crippen molar-refractivity contribution in [3.63, 3.8) is 0 Å². The van der Waals surface area contributed by atoms with Gasteiger partial charge in [0.2, 0.25) is 0 Å². The molecule has 2 amide bonds. The minimum atomic E-state index is -0.892. The lowest BCUT2D eigenvalue weighted by Crippen LogP contribution is -2.45. The number of carbonyl (C=O) groups excluding carboxylic acids is 2. The predicted octanol–water partition coefficient (Wildman–Crippen LogP) is 2.04. The normalized spacial score (nSPS) is 17.2. The van der Waals surface area contributed by atoms with Crippen LogP contribution in [-0.2, 0) is 9.59 Å². The largest absolute Gasteiger partial charge is 0.393 e. The summed E-state index contributed by atoms with van der Waals surface area (Å²) in [5.74, 6) is -2.23. The van der Waals surface area contributed by atoms with Crippen molar-refractivity contribution in [3.05, 3.63) is 29.0 Å². The van der Waals surface area contributed by atoms with E-state index in [-0.39, 0.29) is 16.6 Å². The van der Waals surface area contributed by atoms with Crippen molar-refractivity contribution < 1.29 is 19.1 Å². The third-order valence-electron chi connectivity index (χ3n) is 3.90. The molecule has 1 aliphatic rings. The van der Waals surface area contributed by atoms with Gasteiger partial charge >= 0.3 is 11.8 Å². The molecule has 0 spiro atoms. The number of nitrogens with zero attached hydrogens (tertiary/aromatic N) is 1. The first-order valence-electron chi connectivity index (χ1n) is 7.12. The second-order valence-corrected chi connectivity index (χ2v) is 5.83. The van der Waals surface area contributed by atoms with E-state index in [4.69, 9.17) is 11.6 Å². The molecule has 2 N–H and O–H groups in total. The molecule has 0 saturated carbocycles. The van der Waals surface area contributed by atoms with E-state index in [0.29, 0.717) is 25.9 Å². The zero-order chi connectivity index (χ0) is 16.3. The highest BCUT2D eigenvalue weighted by Gasteiger charge is 2.29. The molecule has 2 rings (SSSR count). The maximum Gasteiger partial charge on any atom is 0.313 e. The van der Waals surface area contributed by atoms with Crippen LogP contribution in [0.15, 0.2) is 18.2 Å². The number of halogens is 2. The molecule has 7 heteroatoms. The molecule has 5 nitrogen and oxygen atoms in total. The highest BCUT2D eigenvalue weighted by atomic mass is 35.5. The molecule has 22 heavy (non-hydrogen) atoms. The first kappa shape index (κ1) is 16.7. The van der Waals surface area contributed by atoms with E-state index in [1.54, 1.807) is 6.92 Å². The molecule has 0 aromatic heterocycles. The van der Waals surface area contributed by atoms with E-state index in [1.807, 2.05) is 0 Å². The molecule has 0 bridgehead atoms. The summed E-state index contributed by atoms with van der Waals surface area (Å²) in [4.78, 5) is 25.4. The van der Waals surface area contributed by atoms with E-state index in [9.17, 15) is 19.1 Å². The van der Waals surface area contributed by atoms with Gasteiger partial charge in [-0.25, -0.2) is 4.39 Å². The van der Waals surface area contributed by atoms with Gasteiger partial charge in [-0.1, -0.05) is 17.7 Å². The molecule has 1 atom stereocenters. The molecule has 0 radical (unpaired) electrons. The van der Waals surface area contributed by atoms with Gasteiger partial charge in [-0.05, 0) is 37.8 Å². The van der Waals surface area contributed by atoms with Gasteiger partial charge in [-0.15, -0.1) is 0 Å². The van der Waals surface area contributed by atoms with Crippen LogP contribution >= 0.6 is 11.6 Å². The van der Waals surface area contributed by atoms with Crippen molar-refractivity contribution >= 4 is 29.1 Å². The van der Waals surface area contributed by atoms with Crippen LogP contribution in [0.3, 0.4) is 0 Å². The maximum atomic E-state index is 13.7. The number of aliphatic hydroxyl groups is 1. The highest BCUT2D eigenvalue weighted by Crippen LogP contribution is 2.23. The van der Waals surface area contributed by atoms with E-state index in [0.717, 1.165) is 0 Å². The van der Waals surface area contributed by atoms with E-state index in [1.165, 1.54) is 23.1 Å². The van der Waals surface area contributed by atoms with Gasteiger partial charge in [0, 0.05) is 13.1 Å². The Labute approximate surface area is 133 Å². The van der Waals surface area contributed by atoms with Crippen LogP contribution in [0.25, 0.3) is 0 Å². The average molecular weight is 329 g/mol. The van der Waals surface area contributed by atoms with Crippen LogP contribution < -0.4 is 5.32 Å². The van der Waals surface area contributed by atoms with Crippen molar-refractivity contribution in [1.82, 2.24) is 4.90 Å². The standard InChI is InChI=1S/C15H18ClFN2O3/c1-9(20)10-5-7-19(8-6-10)15(22)14(21)18-12-4-2-3-11(16)13(12)17/h2-4,9-10,20H,5-8H2,1H3,(H,18,21). The smallest absolute Gasteiger partial charge is 0.313 e. The van der Waals surface area contributed by atoms with Gasteiger partial charge in [0.25, 0.3) is 0 Å². The highest BCUT2D eigenvalue weighted by molar-refractivity contribution is 6.39. The van der Waals surface area contributed by atoms with Crippen molar-refractivity contribution in [2.45, 2.75) is 25.9 Å². The van der Waals surface area contributed by atoms with Gasteiger partial charge in [-0.2, -0.15) is 0 Å².